The summed E-state index contributed by atoms with van der Waals surface area (Å²) < 4.78 is 0. The smallest absolute Gasteiger partial charge is 0.240 e. The van der Waals surface area contributed by atoms with E-state index in [1.54, 1.807) is 0 Å². The molecule has 5 heteroatoms. The van der Waals surface area contributed by atoms with E-state index < -0.39 is 5.41 Å². The number of hydrogen-bond acceptors (Lipinski definition) is 2. The number of nitrogens with one attached hydrogen (secondary N) is 2. The van der Waals surface area contributed by atoms with Crippen LogP contribution >= 0.6 is 11.6 Å². The van der Waals surface area contributed by atoms with Crippen molar-refractivity contribution in [2.24, 2.45) is 5.41 Å². The van der Waals surface area contributed by atoms with Crippen LogP contribution in [0.15, 0.2) is 36.4 Å². The Morgan fingerprint density at radius 1 is 1.04 bits per heavy atom. The van der Waals surface area contributed by atoms with Crippen molar-refractivity contribution in [3.05, 3.63) is 63.7 Å². The summed E-state index contributed by atoms with van der Waals surface area (Å²) in [5, 5.41) is 6.58. The van der Waals surface area contributed by atoms with Crippen molar-refractivity contribution in [1.29, 1.82) is 0 Å². The number of benzene rings is 2. The molecule has 1 fully saturated rings. The number of aryl methyl sites for hydroxylation is 3. The Balaban J connectivity index is 1.61. The van der Waals surface area contributed by atoms with Gasteiger partial charge in [0.1, 0.15) is 5.41 Å². The molecule has 142 valence electrons. The second-order valence-electron chi connectivity index (χ2n) is 7.45. The predicted octanol–water partition coefficient (Wildman–Crippen LogP) is 4.34. The summed E-state index contributed by atoms with van der Waals surface area (Å²) in [7, 11) is 0. The number of halogens is 1. The molecule has 1 aliphatic rings. The van der Waals surface area contributed by atoms with Crippen LogP contribution in [-0.2, 0) is 16.0 Å². The zero-order valence-corrected chi connectivity index (χ0v) is 16.7. The average Bonchev–Trinajstić information content (AvgIpc) is 3.40. The summed E-state index contributed by atoms with van der Waals surface area (Å²) in [6.07, 6.45) is 1.86. The van der Waals surface area contributed by atoms with Crippen molar-refractivity contribution in [1.82, 2.24) is 5.32 Å². The first-order valence-electron chi connectivity index (χ1n) is 9.24. The van der Waals surface area contributed by atoms with Gasteiger partial charge in [-0.15, -0.1) is 0 Å². The van der Waals surface area contributed by atoms with E-state index in [-0.39, 0.29) is 11.8 Å². The molecule has 0 aromatic heterocycles. The summed E-state index contributed by atoms with van der Waals surface area (Å²) in [6, 6.07) is 11.6. The molecule has 2 N–H and O–H groups in total. The fraction of sp³-hybridized carbons (Fsp3) is 0.364. The van der Waals surface area contributed by atoms with E-state index in [1.165, 1.54) is 0 Å². The van der Waals surface area contributed by atoms with Gasteiger partial charge in [-0.25, -0.2) is 0 Å². The molecule has 3 rings (SSSR count). The summed E-state index contributed by atoms with van der Waals surface area (Å²) >= 11 is 5.98. The topological polar surface area (TPSA) is 58.2 Å². The molecular weight excluding hydrogens is 360 g/mol. The van der Waals surface area contributed by atoms with Gasteiger partial charge in [-0.2, -0.15) is 0 Å². The largest absolute Gasteiger partial charge is 0.355 e. The van der Waals surface area contributed by atoms with Gasteiger partial charge in [0.05, 0.1) is 0 Å². The normalized spacial score (nSPS) is 14.5. The monoisotopic (exact) mass is 384 g/mol. The molecule has 0 heterocycles. The first-order chi connectivity index (χ1) is 12.8. The minimum absolute atomic E-state index is 0.190. The molecule has 0 atom stereocenters. The number of anilines is 1. The third kappa shape index (κ3) is 4.33. The molecule has 0 unspecified atom stereocenters. The van der Waals surface area contributed by atoms with Gasteiger partial charge in [0.25, 0.3) is 0 Å². The van der Waals surface area contributed by atoms with Gasteiger partial charge in [0.2, 0.25) is 11.8 Å². The maximum atomic E-state index is 12.8. The fourth-order valence-electron chi connectivity index (χ4n) is 3.47. The molecule has 0 aliphatic heterocycles. The molecular formula is C22H25ClN2O2. The molecule has 4 nitrogen and oxygen atoms in total. The Bertz CT molecular complexity index is 865. The lowest BCUT2D eigenvalue weighted by molar-refractivity contribution is -0.134. The molecule has 2 aromatic carbocycles. The van der Waals surface area contributed by atoms with E-state index in [0.717, 1.165) is 27.9 Å². The van der Waals surface area contributed by atoms with Crippen molar-refractivity contribution in [3.63, 3.8) is 0 Å². The third-order valence-corrected chi connectivity index (χ3v) is 5.36. The lowest BCUT2D eigenvalue weighted by Gasteiger charge is -2.18. The van der Waals surface area contributed by atoms with Crippen LogP contribution in [0.3, 0.4) is 0 Å². The van der Waals surface area contributed by atoms with Gasteiger partial charge < -0.3 is 10.6 Å². The lowest BCUT2D eigenvalue weighted by atomic mass is 10.0. The Kier molecular flexibility index (Phi) is 5.56. The van der Waals surface area contributed by atoms with Crippen LogP contribution in [0.4, 0.5) is 5.69 Å². The van der Waals surface area contributed by atoms with Gasteiger partial charge in [-0.05, 0) is 68.9 Å². The third-order valence-electron chi connectivity index (χ3n) is 5.12. The highest BCUT2D eigenvalue weighted by Gasteiger charge is 2.56. The summed E-state index contributed by atoms with van der Waals surface area (Å²) in [5.74, 6) is -0.401. The molecule has 2 aromatic rings. The molecule has 1 aliphatic carbocycles. The average molecular weight is 385 g/mol. The minimum Gasteiger partial charge on any atom is -0.355 e. The van der Waals surface area contributed by atoms with Crippen molar-refractivity contribution in [2.45, 2.75) is 40.0 Å². The van der Waals surface area contributed by atoms with E-state index in [2.05, 4.69) is 10.6 Å². The Morgan fingerprint density at radius 2 is 1.70 bits per heavy atom. The molecule has 0 bridgehead atoms. The molecule has 0 radical (unpaired) electrons. The van der Waals surface area contributed by atoms with Crippen LogP contribution < -0.4 is 10.6 Å². The highest BCUT2D eigenvalue weighted by molar-refractivity contribution is 6.30. The van der Waals surface area contributed by atoms with Crippen molar-refractivity contribution in [3.8, 4) is 0 Å². The van der Waals surface area contributed by atoms with Crippen LogP contribution in [0, 0.1) is 26.2 Å². The number of carbonyl (C=O) groups excluding carboxylic acids is 2. The van der Waals surface area contributed by atoms with E-state index >= 15 is 0 Å². The molecule has 2 amide bonds. The van der Waals surface area contributed by atoms with Gasteiger partial charge >= 0.3 is 0 Å². The highest BCUT2D eigenvalue weighted by atomic mass is 35.5. The second kappa shape index (κ2) is 7.73. The quantitative estimate of drug-likeness (QED) is 0.727. The number of amides is 2. The van der Waals surface area contributed by atoms with Crippen LogP contribution in [0.25, 0.3) is 0 Å². The second-order valence-corrected chi connectivity index (χ2v) is 7.88. The number of rotatable bonds is 6. The van der Waals surface area contributed by atoms with Crippen molar-refractivity contribution >= 4 is 29.1 Å². The van der Waals surface area contributed by atoms with Gasteiger partial charge in [-0.3, -0.25) is 9.59 Å². The van der Waals surface area contributed by atoms with Gasteiger partial charge in [-0.1, -0.05) is 41.4 Å². The standard InChI is InChI=1S/C22H25ClN2O2/c1-14-11-15(2)19(16(3)12-14)25-21(27)22(8-9-22)20(26)24-10-7-17-5-4-6-18(23)13-17/h4-6,11-13H,7-10H2,1-3H3,(H,24,26)(H,25,27). The SMILES string of the molecule is Cc1cc(C)c(NC(=O)C2(C(=O)NCCc3cccc(Cl)c3)CC2)c(C)c1. The Hall–Kier alpha value is -2.33. The zero-order chi connectivity index (χ0) is 19.6. The maximum Gasteiger partial charge on any atom is 0.240 e. The number of carbonyl (C=O) groups is 2. The Labute approximate surface area is 165 Å². The molecule has 0 saturated heterocycles. The first kappa shape index (κ1) is 19.4. The molecule has 27 heavy (non-hydrogen) atoms. The van der Waals surface area contributed by atoms with Crippen LogP contribution in [-0.4, -0.2) is 18.4 Å². The maximum absolute atomic E-state index is 12.8. The lowest BCUT2D eigenvalue weighted by Crippen LogP contribution is -2.40. The first-order valence-corrected chi connectivity index (χ1v) is 9.62. The minimum atomic E-state index is -0.932. The van der Waals surface area contributed by atoms with Crippen molar-refractivity contribution < 1.29 is 9.59 Å². The summed E-state index contributed by atoms with van der Waals surface area (Å²) in [4.78, 5) is 25.5. The van der Waals surface area contributed by atoms with Crippen molar-refractivity contribution in [2.75, 3.05) is 11.9 Å². The van der Waals surface area contributed by atoms with E-state index in [0.29, 0.717) is 30.8 Å². The van der Waals surface area contributed by atoms with E-state index in [1.807, 2.05) is 57.2 Å². The van der Waals surface area contributed by atoms with Gasteiger partial charge in [0, 0.05) is 17.3 Å². The van der Waals surface area contributed by atoms with E-state index in [9.17, 15) is 9.59 Å². The number of hydrogen-bond donors (Lipinski definition) is 2. The molecule has 1 saturated carbocycles. The molecule has 0 spiro atoms. The van der Waals surface area contributed by atoms with Crippen LogP contribution in [0.2, 0.25) is 5.02 Å². The predicted molar refractivity (Wildman–Crippen MR) is 109 cm³/mol. The highest BCUT2D eigenvalue weighted by Crippen LogP contribution is 2.47. The van der Waals surface area contributed by atoms with E-state index in [4.69, 9.17) is 11.6 Å². The summed E-state index contributed by atoms with van der Waals surface area (Å²) in [6.45, 7) is 6.46. The Morgan fingerprint density at radius 3 is 2.30 bits per heavy atom. The van der Waals surface area contributed by atoms with Gasteiger partial charge in [0.15, 0.2) is 0 Å². The van der Waals surface area contributed by atoms with Crippen LogP contribution in [0.1, 0.15) is 35.1 Å². The summed E-state index contributed by atoms with van der Waals surface area (Å²) in [5.41, 5.74) is 4.11. The fourth-order valence-corrected chi connectivity index (χ4v) is 3.69. The zero-order valence-electron chi connectivity index (χ0n) is 16.0. The van der Waals surface area contributed by atoms with Crippen LogP contribution in [0.5, 0.6) is 0 Å².